The van der Waals surface area contributed by atoms with Crippen molar-refractivity contribution in [3.8, 4) is 0 Å². The summed E-state index contributed by atoms with van der Waals surface area (Å²) in [7, 11) is 0. The van der Waals surface area contributed by atoms with Crippen molar-refractivity contribution in [2.75, 3.05) is 32.8 Å². The molecule has 3 amide bonds. The number of carbonyl (C=O) groups is 2. The van der Waals surface area contributed by atoms with Crippen molar-refractivity contribution in [1.29, 1.82) is 0 Å². The van der Waals surface area contributed by atoms with E-state index < -0.39 is 5.54 Å². The van der Waals surface area contributed by atoms with E-state index >= 15 is 0 Å². The molecule has 0 aliphatic carbocycles. The molecule has 2 saturated heterocycles. The number of carbonyl (C=O) groups excluding carboxylic acids is 2. The molecule has 0 aromatic heterocycles. The fourth-order valence-corrected chi connectivity index (χ4v) is 2.85. The Morgan fingerprint density at radius 2 is 1.82 bits per heavy atom. The van der Waals surface area contributed by atoms with Gasteiger partial charge in [-0.1, -0.05) is 12.2 Å². The fraction of sp³-hybridized carbons (Fsp3) is 0.500. The molecule has 6 heteroatoms. The molecule has 2 rings (SSSR count). The van der Waals surface area contributed by atoms with Gasteiger partial charge in [-0.25, -0.2) is 4.79 Å². The molecule has 6 nitrogen and oxygen atoms in total. The molecular weight excluding hydrogens is 282 g/mol. The third-order valence-electron chi connectivity index (χ3n) is 4.02. The zero-order valence-electron chi connectivity index (χ0n) is 12.8. The summed E-state index contributed by atoms with van der Waals surface area (Å²) in [6.07, 6.45) is 8.01. The lowest BCUT2D eigenvalue weighted by Gasteiger charge is -2.33. The van der Waals surface area contributed by atoms with Crippen LogP contribution in [0, 0.1) is 0 Å². The van der Waals surface area contributed by atoms with Gasteiger partial charge in [0.1, 0.15) is 5.54 Å². The molecule has 2 aliphatic heterocycles. The normalized spacial score (nSPS) is 21.3. The first-order valence-electron chi connectivity index (χ1n) is 7.47. The number of ether oxygens (including phenoxy) is 1. The highest BCUT2D eigenvalue weighted by Crippen LogP contribution is 2.30. The molecule has 0 bridgehead atoms. The van der Waals surface area contributed by atoms with Crippen molar-refractivity contribution in [2.24, 2.45) is 0 Å². The van der Waals surface area contributed by atoms with Crippen LogP contribution in [0.5, 0.6) is 0 Å². The minimum atomic E-state index is -0.907. The number of nitrogens with zero attached hydrogens (tertiary/aromatic N) is 2. The third-order valence-corrected chi connectivity index (χ3v) is 4.02. The van der Waals surface area contributed by atoms with E-state index in [-0.39, 0.29) is 11.9 Å². The Morgan fingerprint density at radius 1 is 1.18 bits per heavy atom. The van der Waals surface area contributed by atoms with E-state index in [0.717, 1.165) is 13.1 Å². The summed E-state index contributed by atoms with van der Waals surface area (Å²) in [5.74, 6) is -0.280. The van der Waals surface area contributed by atoms with Gasteiger partial charge in [-0.2, -0.15) is 0 Å². The van der Waals surface area contributed by atoms with Crippen LogP contribution in [0.15, 0.2) is 37.6 Å². The Morgan fingerprint density at radius 3 is 2.41 bits per heavy atom. The summed E-state index contributed by atoms with van der Waals surface area (Å²) in [6.45, 7) is 10.9. The lowest BCUT2D eigenvalue weighted by Crippen LogP contribution is -2.49. The Bertz CT molecular complexity index is 471. The number of imide groups is 1. The van der Waals surface area contributed by atoms with E-state index in [2.05, 4.69) is 23.4 Å². The molecule has 0 spiro atoms. The maximum Gasteiger partial charge on any atom is 0.325 e. The molecule has 0 saturated carbocycles. The number of nitrogens with one attached hydrogen (secondary N) is 1. The number of rotatable bonds is 7. The van der Waals surface area contributed by atoms with E-state index in [4.69, 9.17) is 4.74 Å². The monoisotopic (exact) mass is 305 g/mol. The quantitative estimate of drug-likeness (QED) is 0.568. The summed E-state index contributed by atoms with van der Waals surface area (Å²) >= 11 is 0. The molecule has 0 atom stereocenters. The minimum Gasteiger partial charge on any atom is -0.378 e. The van der Waals surface area contributed by atoms with Gasteiger partial charge < -0.3 is 14.5 Å². The largest absolute Gasteiger partial charge is 0.378 e. The molecule has 0 aromatic carbocycles. The van der Waals surface area contributed by atoms with Crippen LogP contribution in [0.25, 0.3) is 0 Å². The lowest BCUT2D eigenvalue weighted by molar-refractivity contribution is -0.126. The molecule has 1 N–H and O–H groups in total. The van der Waals surface area contributed by atoms with Gasteiger partial charge in [0.15, 0.2) is 0 Å². The molecule has 0 unspecified atom stereocenters. The summed E-state index contributed by atoms with van der Waals surface area (Å²) in [5.41, 5.74) is -0.907. The summed E-state index contributed by atoms with van der Waals surface area (Å²) in [6, 6.07) is -0.361. The first kappa shape index (κ1) is 16.3. The van der Waals surface area contributed by atoms with Crippen LogP contribution in [0.1, 0.15) is 12.8 Å². The van der Waals surface area contributed by atoms with Crippen LogP contribution >= 0.6 is 0 Å². The standard InChI is InChI=1S/C16H23N3O3/c1-3-6-16(7-4-2)14(20)17-15(21)19(16)9-5-8-18-10-12-22-13-11-18/h3-5,8H,1-2,6-7,9-13H2,(H,17,20,21). The van der Waals surface area contributed by atoms with Gasteiger partial charge >= 0.3 is 6.03 Å². The highest BCUT2D eigenvalue weighted by Gasteiger charge is 2.50. The van der Waals surface area contributed by atoms with Gasteiger partial charge in [-0.05, 0) is 25.1 Å². The van der Waals surface area contributed by atoms with Crippen LogP contribution in [-0.2, 0) is 9.53 Å². The predicted molar refractivity (Wildman–Crippen MR) is 84.1 cm³/mol. The highest BCUT2D eigenvalue weighted by atomic mass is 16.5. The summed E-state index contributed by atoms with van der Waals surface area (Å²) in [5, 5.41) is 2.40. The number of hydrogen-bond acceptors (Lipinski definition) is 4. The third kappa shape index (κ3) is 3.22. The van der Waals surface area contributed by atoms with Crippen LogP contribution in [0.4, 0.5) is 4.79 Å². The number of amides is 3. The van der Waals surface area contributed by atoms with Gasteiger partial charge in [0.05, 0.1) is 13.2 Å². The maximum absolute atomic E-state index is 12.2. The predicted octanol–water partition coefficient (Wildman–Crippen LogP) is 1.28. The van der Waals surface area contributed by atoms with Crippen molar-refractivity contribution >= 4 is 11.9 Å². The topological polar surface area (TPSA) is 61.9 Å². The van der Waals surface area contributed by atoms with Gasteiger partial charge in [0.25, 0.3) is 5.91 Å². The first-order valence-corrected chi connectivity index (χ1v) is 7.47. The average molecular weight is 305 g/mol. The molecule has 2 heterocycles. The van der Waals surface area contributed by atoms with Crippen LogP contribution in [0.2, 0.25) is 0 Å². The molecule has 2 fully saturated rings. The SMILES string of the molecule is C=CCC1(CC=C)C(=O)NC(=O)N1CC=CN1CCOCC1. The summed E-state index contributed by atoms with van der Waals surface area (Å²) < 4.78 is 5.29. The Kier molecular flexibility index (Phi) is 5.38. The van der Waals surface area contributed by atoms with E-state index in [1.54, 1.807) is 17.1 Å². The van der Waals surface area contributed by atoms with E-state index in [1.807, 2.05) is 12.3 Å². The van der Waals surface area contributed by atoms with Crippen LogP contribution in [-0.4, -0.2) is 60.1 Å². The molecule has 0 aromatic rings. The van der Waals surface area contributed by atoms with Crippen LogP contribution in [0.3, 0.4) is 0 Å². The molecule has 0 radical (unpaired) electrons. The smallest absolute Gasteiger partial charge is 0.325 e. The van der Waals surface area contributed by atoms with Gasteiger partial charge in [0, 0.05) is 19.6 Å². The number of morpholine rings is 1. The highest BCUT2D eigenvalue weighted by molar-refractivity contribution is 6.07. The molecule has 120 valence electrons. The first-order chi connectivity index (χ1) is 10.6. The fourth-order valence-electron chi connectivity index (χ4n) is 2.85. The average Bonchev–Trinajstić information content (AvgIpc) is 2.73. The van der Waals surface area contributed by atoms with Gasteiger partial charge in [-0.15, -0.1) is 13.2 Å². The molecular formula is C16H23N3O3. The van der Waals surface area contributed by atoms with Crippen molar-refractivity contribution in [3.05, 3.63) is 37.6 Å². The maximum atomic E-state index is 12.2. The number of hydrogen-bond donors (Lipinski definition) is 1. The van der Waals surface area contributed by atoms with Crippen molar-refractivity contribution in [3.63, 3.8) is 0 Å². The molecule has 2 aliphatic rings. The Balaban J connectivity index is 2.09. The van der Waals surface area contributed by atoms with Crippen LogP contribution < -0.4 is 5.32 Å². The lowest BCUT2D eigenvalue weighted by atomic mass is 9.89. The van der Waals surface area contributed by atoms with Crippen molar-refractivity contribution in [1.82, 2.24) is 15.1 Å². The van der Waals surface area contributed by atoms with E-state index in [0.29, 0.717) is 32.6 Å². The van der Waals surface area contributed by atoms with E-state index in [9.17, 15) is 9.59 Å². The van der Waals surface area contributed by atoms with Crippen molar-refractivity contribution < 1.29 is 14.3 Å². The minimum absolute atomic E-state index is 0.280. The zero-order valence-corrected chi connectivity index (χ0v) is 12.8. The second-order valence-electron chi connectivity index (χ2n) is 5.42. The Labute approximate surface area is 131 Å². The van der Waals surface area contributed by atoms with Gasteiger partial charge in [0.2, 0.25) is 0 Å². The summed E-state index contributed by atoms with van der Waals surface area (Å²) in [4.78, 5) is 28.0. The van der Waals surface area contributed by atoms with Gasteiger partial charge in [-0.3, -0.25) is 10.1 Å². The van der Waals surface area contributed by atoms with Crippen molar-refractivity contribution in [2.45, 2.75) is 18.4 Å². The number of urea groups is 1. The van der Waals surface area contributed by atoms with E-state index in [1.165, 1.54) is 0 Å². The second-order valence-corrected chi connectivity index (χ2v) is 5.42. The second kappa shape index (κ2) is 7.26. The Hall–Kier alpha value is -2.08. The zero-order chi connectivity index (χ0) is 16.0. The molecule has 22 heavy (non-hydrogen) atoms.